The molecule has 0 unspecified atom stereocenters. The third-order valence-corrected chi connectivity index (χ3v) is 6.11. The molecule has 14 nitrogen and oxygen atoms in total. The molecule has 178 valence electrons. The Bertz CT molecular complexity index is 765. The first kappa shape index (κ1) is 27.0. The summed E-state index contributed by atoms with van der Waals surface area (Å²) < 4.78 is 0. The van der Waals surface area contributed by atoms with Gasteiger partial charge in [-0.2, -0.15) is 0 Å². The number of hydrogen-bond donors (Lipinski definition) is 7. The van der Waals surface area contributed by atoms with E-state index in [4.69, 9.17) is 5.73 Å². The van der Waals surface area contributed by atoms with Crippen LogP contribution in [0.3, 0.4) is 0 Å². The van der Waals surface area contributed by atoms with Crippen LogP contribution < -0.4 is 37.6 Å². The van der Waals surface area contributed by atoms with Gasteiger partial charge in [0.25, 0.3) is 0 Å². The van der Waals surface area contributed by atoms with Gasteiger partial charge in [0.1, 0.15) is 12.1 Å². The molecule has 0 bridgehead atoms. The van der Waals surface area contributed by atoms with Crippen molar-refractivity contribution in [1.82, 2.24) is 31.9 Å². The number of carbonyl (C=O) groups excluding carboxylic acids is 7. The van der Waals surface area contributed by atoms with E-state index in [1.165, 1.54) is 6.92 Å². The molecular formula is C16H25N7O7S2. The molecule has 16 heteroatoms. The number of amides is 7. The number of rotatable bonds is 2. The Morgan fingerprint density at radius 3 is 1.78 bits per heavy atom. The number of carbonyl (C=O) groups is 7. The molecule has 1 heterocycles. The molecule has 2 atom stereocenters. The predicted octanol–water partition coefficient (Wildman–Crippen LogP) is -4.68. The van der Waals surface area contributed by atoms with Gasteiger partial charge in [-0.1, -0.05) is 21.6 Å². The van der Waals surface area contributed by atoms with Crippen LogP contribution in [0, 0.1) is 0 Å². The smallest absolute Gasteiger partial charge is 0.243 e. The highest BCUT2D eigenvalue weighted by molar-refractivity contribution is 8.76. The van der Waals surface area contributed by atoms with Gasteiger partial charge >= 0.3 is 0 Å². The Balaban J connectivity index is 2.83. The zero-order valence-electron chi connectivity index (χ0n) is 17.1. The van der Waals surface area contributed by atoms with E-state index in [2.05, 4.69) is 31.9 Å². The van der Waals surface area contributed by atoms with Gasteiger partial charge in [0, 0.05) is 18.4 Å². The van der Waals surface area contributed by atoms with Crippen LogP contribution in [0.5, 0.6) is 0 Å². The molecule has 0 aromatic carbocycles. The lowest BCUT2D eigenvalue weighted by atomic mass is 10.3. The first-order valence-electron chi connectivity index (χ1n) is 9.26. The van der Waals surface area contributed by atoms with Crippen molar-refractivity contribution in [2.45, 2.75) is 19.0 Å². The fourth-order valence-corrected chi connectivity index (χ4v) is 4.46. The maximum atomic E-state index is 12.3. The van der Waals surface area contributed by atoms with Crippen molar-refractivity contribution in [2.75, 3.05) is 37.7 Å². The second kappa shape index (κ2) is 14.1. The summed E-state index contributed by atoms with van der Waals surface area (Å²) in [5.41, 5.74) is 5.28. The minimum absolute atomic E-state index is 0.0621. The monoisotopic (exact) mass is 491 g/mol. The number of primary amides is 1. The summed E-state index contributed by atoms with van der Waals surface area (Å²) >= 11 is 0. The minimum Gasteiger partial charge on any atom is -0.368 e. The molecule has 1 aliphatic rings. The van der Waals surface area contributed by atoms with E-state index in [0.717, 1.165) is 21.6 Å². The summed E-state index contributed by atoms with van der Waals surface area (Å²) in [7, 11) is 2.27. The van der Waals surface area contributed by atoms with Crippen LogP contribution in [-0.2, 0) is 33.6 Å². The summed E-state index contributed by atoms with van der Waals surface area (Å²) in [6.07, 6.45) is 0. The Hall–Kier alpha value is -3.01. The van der Waals surface area contributed by atoms with Crippen molar-refractivity contribution in [1.29, 1.82) is 0 Å². The zero-order chi connectivity index (χ0) is 24.1. The molecule has 0 radical (unpaired) electrons. The second-order valence-electron chi connectivity index (χ2n) is 6.39. The summed E-state index contributed by atoms with van der Waals surface area (Å²) in [6, 6.07) is -2.01. The summed E-state index contributed by atoms with van der Waals surface area (Å²) in [4.78, 5) is 82.4. The van der Waals surface area contributed by atoms with Gasteiger partial charge in [0.15, 0.2) is 0 Å². The van der Waals surface area contributed by atoms with Crippen LogP contribution in [0.25, 0.3) is 0 Å². The third kappa shape index (κ3) is 11.4. The van der Waals surface area contributed by atoms with Crippen molar-refractivity contribution in [3.63, 3.8) is 0 Å². The van der Waals surface area contributed by atoms with Gasteiger partial charge in [-0.3, -0.25) is 33.6 Å². The van der Waals surface area contributed by atoms with Crippen LogP contribution in [0.2, 0.25) is 0 Å². The highest BCUT2D eigenvalue weighted by atomic mass is 33.1. The summed E-state index contributed by atoms with van der Waals surface area (Å²) in [5, 5.41) is 14.0. The average Bonchev–Trinajstić information content (AvgIpc) is 2.73. The number of nitrogens with two attached hydrogens (primary N) is 1. The van der Waals surface area contributed by atoms with Crippen LogP contribution in [0.15, 0.2) is 0 Å². The van der Waals surface area contributed by atoms with Gasteiger partial charge in [-0.25, -0.2) is 0 Å². The Morgan fingerprint density at radius 2 is 1.28 bits per heavy atom. The Morgan fingerprint density at radius 1 is 0.812 bits per heavy atom. The van der Waals surface area contributed by atoms with Crippen molar-refractivity contribution in [3.05, 3.63) is 0 Å². The maximum absolute atomic E-state index is 12.3. The molecule has 0 aromatic heterocycles. The maximum Gasteiger partial charge on any atom is 0.243 e. The molecule has 32 heavy (non-hydrogen) atoms. The van der Waals surface area contributed by atoms with Gasteiger partial charge in [-0.15, -0.1) is 0 Å². The van der Waals surface area contributed by atoms with Crippen molar-refractivity contribution in [2.24, 2.45) is 5.73 Å². The molecule has 8 N–H and O–H groups in total. The van der Waals surface area contributed by atoms with Crippen molar-refractivity contribution >= 4 is 62.9 Å². The van der Waals surface area contributed by atoms with E-state index < -0.39 is 79.6 Å². The second-order valence-corrected chi connectivity index (χ2v) is 8.94. The fraction of sp³-hybridized carbons (Fsp3) is 0.562. The molecule has 0 aliphatic carbocycles. The first-order chi connectivity index (χ1) is 15.1. The molecule has 1 saturated heterocycles. The largest absolute Gasteiger partial charge is 0.368 e. The Labute approximate surface area is 191 Å². The number of hydrogen-bond acceptors (Lipinski definition) is 9. The highest BCUT2D eigenvalue weighted by Gasteiger charge is 2.22. The lowest BCUT2D eigenvalue weighted by molar-refractivity contribution is -0.130. The lowest BCUT2D eigenvalue weighted by Crippen LogP contribution is -2.51. The predicted molar refractivity (Wildman–Crippen MR) is 116 cm³/mol. The molecule has 0 saturated carbocycles. The molecule has 1 aliphatic heterocycles. The molecule has 1 rings (SSSR count). The number of nitrogens with one attached hydrogen (secondary N) is 6. The summed E-state index contributed by atoms with van der Waals surface area (Å²) in [6.45, 7) is -0.536. The standard InChI is InChI=1S/C16H25N7O7S2/c1-8(24)22-10-7-32-31-6-9(15(17)29)23-14(28)5-20-12(26)3-18-11(25)2-19-13(27)4-21-16(10)30/h9-10H,2-7H2,1H3,(H2,17,29)(H,18,25)(H,19,27)(H,20,26)(H,21,30)(H,22,24)(H,23,28)/t9-,10-/m0/s1. The molecule has 0 spiro atoms. The SMILES string of the molecule is CC(=O)N[C@H]1CSSC[C@@H](C(N)=O)NC(=O)CNC(=O)CNC(=O)CNC(=O)CNC1=O. The van der Waals surface area contributed by atoms with E-state index in [1.807, 2.05) is 0 Å². The van der Waals surface area contributed by atoms with Gasteiger partial charge in [-0.05, 0) is 0 Å². The van der Waals surface area contributed by atoms with E-state index in [1.54, 1.807) is 0 Å². The summed E-state index contributed by atoms with van der Waals surface area (Å²) in [5.74, 6) is -4.39. The van der Waals surface area contributed by atoms with E-state index in [9.17, 15) is 33.6 Å². The van der Waals surface area contributed by atoms with Crippen molar-refractivity contribution < 1.29 is 33.6 Å². The topological polar surface area (TPSA) is 218 Å². The van der Waals surface area contributed by atoms with Gasteiger partial charge < -0.3 is 37.6 Å². The van der Waals surface area contributed by atoms with Crippen LogP contribution in [0.1, 0.15) is 6.92 Å². The quantitative estimate of drug-likeness (QED) is 0.184. The third-order valence-electron chi connectivity index (χ3n) is 3.69. The van der Waals surface area contributed by atoms with Crippen molar-refractivity contribution in [3.8, 4) is 0 Å². The van der Waals surface area contributed by atoms with Crippen LogP contribution in [0.4, 0.5) is 0 Å². The van der Waals surface area contributed by atoms with Crippen LogP contribution >= 0.6 is 21.6 Å². The Kier molecular flexibility index (Phi) is 11.9. The van der Waals surface area contributed by atoms with E-state index in [0.29, 0.717) is 0 Å². The highest BCUT2D eigenvalue weighted by Crippen LogP contribution is 2.23. The van der Waals surface area contributed by atoms with Crippen LogP contribution in [-0.4, -0.2) is 91.1 Å². The van der Waals surface area contributed by atoms with Gasteiger partial charge in [0.2, 0.25) is 41.4 Å². The molecule has 1 fully saturated rings. The van der Waals surface area contributed by atoms with E-state index >= 15 is 0 Å². The molecular weight excluding hydrogens is 466 g/mol. The lowest BCUT2D eigenvalue weighted by Gasteiger charge is -2.18. The minimum atomic E-state index is -1.04. The fourth-order valence-electron chi connectivity index (χ4n) is 2.12. The van der Waals surface area contributed by atoms with E-state index in [-0.39, 0.29) is 11.5 Å². The normalized spacial score (nSPS) is 22.8. The average molecular weight is 492 g/mol. The zero-order valence-corrected chi connectivity index (χ0v) is 18.8. The molecule has 0 aromatic rings. The molecule has 7 amide bonds. The van der Waals surface area contributed by atoms with Gasteiger partial charge in [0.05, 0.1) is 26.2 Å². The first-order valence-corrected chi connectivity index (χ1v) is 11.7.